The second-order valence-electron chi connectivity index (χ2n) is 3.43. The lowest BCUT2D eigenvalue weighted by molar-refractivity contribution is -0.123. The third kappa shape index (κ3) is 2.45. The largest absolute Gasteiger partial charge is 0.316 e. The molecule has 1 atom stereocenters. The van der Waals surface area contributed by atoms with Crippen LogP contribution in [0.25, 0.3) is 0 Å². The van der Waals surface area contributed by atoms with E-state index in [0.29, 0.717) is 12.2 Å². The van der Waals surface area contributed by atoms with E-state index in [2.05, 4.69) is 18.8 Å². The molecule has 68 valence electrons. The number of allylic oxidation sites excluding steroid dienone is 1. The topological polar surface area (TPSA) is 29.1 Å². The summed E-state index contributed by atoms with van der Waals surface area (Å²) in [6.45, 7) is 7.71. The maximum absolute atomic E-state index is 11.4. The van der Waals surface area contributed by atoms with Crippen molar-refractivity contribution in [3.8, 4) is 0 Å². The van der Waals surface area contributed by atoms with E-state index in [1.807, 2.05) is 0 Å². The summed E-state index contributed by atoms with van der Waals surface area (Å²) in [6.07, 6.45) is 2.56. The molecule has 0 aliphatic carbocycles. The van der Waals surface area contributed by atoms with Crippen LogP contribution in [0.2, 0.25) is 0 Å². The van der Waals surface area contributed by atoms with E-state index in [4.69, 9.17) is 0 Å². The molecule has 0 saturated carbocycles. The molecule has 2 heteroatoms. The Balaban J connectivity index is 2.39. The third-order valence-electron chi connectivity index (χ3n) is 2.43. The van der Waals surface area contributed by atoms with Crippen molar-refractivity contribution in [2.24, 2.45) is 5.92 Å². The van der Waals surface area contributed by atoms with Gasteiger partial charge in [0.05, 0.1) is 0 Å². The van der Waals surface area contributed by atoms with E-state index in [1.54, 1.807) is 0 Å². The molecule has 1 saturated heterocycles. The van der Waals surface area contributed by atoms with Gasteiger partial charge in [-0.2, -0.15) is 0 Å². The molecule has 1 heterocycles. The van der Waals surface area contributed by atoms with Gasteiger partial charge in [0, 0.05) is 25.4 Å². The number of Topliss-reactive ketones (excluding diaryl/α,β-unsaturated/α-hetero) is 1. The lowest BCUT2D eigenvalue weighted by Gasteiger charge is -2.21. The minimum absolute atomic E-state index is 0.200. The van der Waals surface area contributed by atoms with E-state index in [0.717, 1.165) is 25.9 Å². The first-order valence-electron chi connectivity index (χ1n) is 4.64. The number of carbonyl (C=O) groups excluding carboxylic acids is 1. The Morgan fingerprint density at radius 3 is 3.08 bits per heavy atom. The third-order valence-corrected chi connectivity index (χ3v) is 2.43. The lowest BCUT2D eigenvalue weighted by Crippen LogP contribution is -2.36. The van der Waals surface area contributed by atoms with Gasteiger partial charge in [0.2, 0.25) is 0 Å². The number of nitrogens with one attached hydrogen (secondary N) is 1. The Kier molecular flexibility index (Phi) is 3.48. The van der Waals surface area contributed by atoms with Crippen LogP contribution in [0.3, 0.4) is 0 Å². The van der Waals surface area contributed by atoms with Crippen molar-refractivity contribution in [1.82, 2.24) is 5.32 Å². The highest BCUT2D eigenvalue weighted by Crippen LogP contribution is 2.16. The molecule has 1 aliphatic heterocycles. The highest BCUT2D eigenvalue weighted by molar-refractivity contribution is 5.82. The highest BCUT2D eigenvalue weighted by Gasteiger charge is 2.21. The second kappa shape index (κ2) is 4.41. The summed E-state index contributed by atoms with van der Waals surface area (Å²) >= 11 is 0. The maximum Gasteiger partial charge on any atom is 0.138 e. The predicted molar refractivity (Wildman–Crippen MR) is 50.0 cm³/mol. The van der Waals surface area contributed by atoms with Crippen LogP contribution in [-0.4, -0.2) is 18.9 Å². The Hall–Kier alpha value is -0.630. The van der Waals surface area contributed by atoms with Crippen LogP contribution in [0.5, 0.6) is 0 Å². The van der Waals surface area contributed by atoms with Gasteiger partial charge in [0.25, 0.3) is 0 Å². The molecule has 0 aromatic heterocycles. The molecule has 0 aromatic carbocycles. The Bertz CT molecular complexity index is 186. The van der Waals surface area contributed by atoms with Gasteiger partial charge < -0.3 is 5.32 Å². The molecule has 1 aliphatic rings. The van der Waals surface area contributed by atoms with Crippen LogP contribution in [0.1, 0.15) is 26.2 Å². The number of carbonyl (C=O) groups is 1. The van der Waals surface area contributed by atoms with E-state index in [1.165, 1.54) is 5.57 Å². The predicted octanol–water partition coefficient (Wildman–Crippen LogP) is 1.52. The molecule has 2 nitrogen and oxygen atoms in total. The summed E-state index contributed by atoms with van der Waals surface area (Å²) in [5, 5.41) is 3.23. The van der Waals surface area contributed by atoms with E-state index in [-0.39, 0.29) is 5.92 Å². The molecule has 0 radical (unpaired) electrons. The van der Waals surface area contributed by atoms with Crippen LogP contribution < -0.4 is 5.32 Å². The van der Waals surface area contributed by atoms with Crippen LogP contribution in [0.4, 0.5) is 0 Å². The quantitative estimate of drug-likeness (QED) is 0.646. The Labute approximate surface area is 74.0 Å². The van der Waals surface area contributed by atoms with Gasteiger partial charge in [0.15, 0.2) is 0 Å². The number of piperidine rings is 1. The van der Waals surface area contributed by atoms with Crippen LogP contribution in [0, 0.1) is 5.92 Å². The Morgan fingerprint density at radius 1 is 1.75 bits per heavy atom. The zero-order valence-electron chi connectivity index (χ0n) is 7.73. The minimum Gasteiger partial charge on any atom is -0.316 e. The van der Waals surface area contributed by atoms with Crippen molar-refractivity contribution in [1.29, 1.82) is 0 Å². The number of hydrogen-bond donors (Lipinski definition) is 1. The average molecular weight is 167 g/mol. The van der Waals surface area contributed by atoms with Gasteiger partial charge in [-0.15, -0.1) is 0 Å². The summed E-state index contributed by atoms with van der Waals surface area (Å²) in [4.78, 5) is 11.4. The summed E-state index contributed by atoms with van der Waals surface area (Å²) in [5.74, 6) is 0.606. The van der Waals surface area contributed by atoms with Gasteiger partial charge in [-0.1, -0.05) is 19.1 Å². The van der Waals surface area contributed by atoms with Crippen molar-refractivity contribution < 1.29 is 4.79 Å². The zero-order chi connectivity index (χ0) is 8.97. The molecule has 12 heavy (non-hydrogen) atoms. The first-order valence-corrected chi connectivity index (χ1v) is 4.64. The molecule has 0 aromatic rings. The summed E-state index contributed by atoms with van der Waals surface area (Å²) in [6, 6.07) is 0. The lowest BCUT2D eigenvalue weighted by atomic mass is 9.91. The minimum atomic E-state index is 0.200. The standard InChI is InChI=1S/C10H17NO/c1-3-8(2)6-9-7-11-5-4-10(9)12/h9,11H,2-7H2,1H3. The molecule has 0 amide bonds. The molecule has 1 fully saturated rings. The van der Waals surface area contributed by atoms with Gasteiger partial charge in [-0.25, -0.2) is 0 Å². The first-order chi connectivity index (χ1) is 5.74. The van der Waals surface area contributed by atoms with Crippen molar-refractivity contribution in [2.45, 2.75) is 26.2 Å². The summed E-state index contributed by atoms with van der Waals surface area (Å²) in [5.41, 5.74) is 1.19. The van der Waals surface area contributed by atoms with Crippen molar-refractivity contribution in [2.75, 3.05) is 13.1 Å². The van der Waals surface area contributed by atoms with Crippen LogP contribution >= 0.6 is 0 Å². The van der Waals surface area contributed by atoms with Gasteiger partial charge >= 0.3 is 0 Å². The highest BCUT2D eigenvalue weighted by atomic mass is 16.1. The van der Waals surface area contributed by atoms with Crippen molar-refractivity contribution >= 4 is 5.78 Å². The fourth-order valence-electron chi connectivity index (χ4n) is 1.48. The zero-order valence-corrected chi connectivity index (χ0v) is 7.73. The van der Waals surface area contributed by atoms with Gasteiger partial charge in [-0.3, -0.25) is 4.79 Å². The summed E-state index contributed by atoms with van der Waals surface area (Å²) in [7, 11) is 0. The van der Waals surface area contributed by atoms with Crippen LogP contribution in [0.15, 0.2) is 12.2 Å². The fraction of sp³-hybridized carbons (Fsp3) is 0.700. The number of ketones is 1. The van der Waals surface area contributed by atoms with E-state index < -0.39 is 0 Å². The Morgan fingerprint density at radius 2 is 2.50 bits per heavy atom. The van der Waals surface area contributed by atoms with Crippen LogP contribution in [-0.2, 0) is 4.79 Å². The smallest absolute Gasteiger partial charge is 0.138 e. The molecular formula is C10H17NO. The van der Waals surface area contributed by atoms with Crippen molar-refractivity contribution in [3.05, 3.63) is 12.2 Å². The van der Waals surface area contributed by atoms with Gasteiger partial charge in [-0.05, 0) is 12.8 Å². The fourth-order valence-corrected chi connectivity index (χ4v) is 1.48. The van der Waals surface area contributed by atoms with Crippen molar-refractivity contribution in [3.63, 3.8) is 0 Å². The second-order valence-corrected chi connectivity index (χ2v) is 3.43. The first kappa shape index (κ1) is 9.46. The van der Waals surface area contributed by atoms with E-state index >= 15 is 0 Å². The number of rotatable bonds is 3. The molecule has 1 rings (SSSR count). The molecule has 1 N–H and O–H groups in total. The molecule has 0 bridgehead atoms. The monoisotopic (exact) mass is 167 g/mol. The maximum atomic E-state index is 11.4. The normalized spacial score (nSPS) is 24.1. The van der Waals surface area contributed by atoms with E-state index in [9.17, 15) is 4.79 Å². The summed E-state index contributed by atoms with van der Waals surface area (Å²) < 4.78 is 0. The average Bonchev–Trinajstić information content (AvgIpc) is 2.09. The van der Waals surface area contributed by atoms with Gasteiger partial charge in [0.1, 0.15) is 5.78 Å². The number of hydrogen-bond acceptors (Lipinski definition) is 2. The molecule has 1 unspecified atom stereocenters. The molecule has 0 spiro atoms. The molecular weight excluding hydrogens is 150 g/mol. The SMILES string of the molecule is C=C(CC)CC1CNCCC1=O.